The lowest BCUT2D eigenvalue weighted by atomic mass is 10.4. The number of H-pyrrole nitrogens is 1. The summed E-state index contributed by atoms with van der Waals surface area (Å²) in [5, 5.41) is 6.83. The van der Waals surface area contributed by atoms with Gasteiger partial charge in [-0.15, -0.1) is 11.3 Å². The van der Waals surface area contributed by atoms with Crippen LogP contribution in [0, 0.1) is 18.6 Å². The zero-order valence-corrected chi connectivity index (χ0v) is 9.58. The molecule has 2 aromatic heterocycles. The number of aromatic nitrogens is 4. The second-order valence-corrected chi connectivity index (χ2v) is 4.35. The molecule has 0 atom stereocenters. The first-order valence-electron chi connectivity index (χ1n) is 4.19. The van der Waals surface area contributed by atoms with E-state index in [4.69, 9.17) is 12.2 Å². The summed E-state index contributed by atoms with van der Waals surface area (Å²) in [5.41, 5.74) is 2.92. The van der Waals surface area contributed by atoms with Gasteiger partial charge in [-0.25, -0.2) is 4.98 Å². The molecule has 0 radical (unpaired) electrons. The van der Waals surface area contributed by atoms with Gasteiger partial charge in [0.05, 0.1) is 17.7 Å². The average Bonchev–Trinajstić information content (AvgIpc) is 2.67. The number of thiazole rings is 1. The highest BCUT2D eigenvalue weighted by atomic mass is 32.1. The maximum atomic E-state index is 5.12. The normalized spacial score (nSPS) is 10.7. The third-order valence-electron chi connectivity index (χ3n) is 2.10. The van der Waals surface area contributed by atoms with Gasteiger partial charge in [0.2, 0.25) is 0 Å². The fourth-order valence-corrected chi connectivity index (χ4v) is 2.21. The number of aromatic amines is 1. The number of nitrogens with zero attached hydrogens (tertiary/aromatic N) is 3. The fraction of sp³-hybridized carbons (Fsp3) is 0.375. The summed E-state index contributed by atoms with van der Waals surface area (Å²) in [6, 6.07) is 0. The van der Waals surface area contributed by atoms with Crippen molar-refractivity contribution in [2.75, 3.05) is 0 Å². The van der Waals surface area contributed by atoms with Crippen molar-refractivity contribution >= 4 is 23.6 Å². The molecule has 0 saturated carbocycles. The van der Waals surface area contributed by atoms with Gasteiger partial charge < -0.3 is 0 Å². The summed E-state index contributed by atoms with van der Waals surface area (Å²) < 4.78 is 2.63. The quantitative estimate of drug-likeness (QED) is 0.797. The lowest BCUT2D eigenvalue weighted by molar-refractivity contribution is 0.755. The van der Waals surface area contributed by atoms with E-state index in [1.54, 1.807) is 11.3 Å². The third-order valence-corrected chi connectivity index (χ3v) is 3.33. The Labute approximate surface area is 90.6 Å². The minimum absolute atomic E-state index is 0.662. The molecule has 0 aliphatic heterocycles. The lowest BCUT2D eigenvalue weighted by Gasteiger charge is -2.01. The lowest BCUT2D eigenvalue weighted by Crippen LogP contribution is -2.01. The van der Waals surface area contributed by atoms with Gasteiger partial charge in [0.1, 0.15) is 5.82 Å². The fourth-order valence-electron chi connectivity index (χ4n) is 1.20. The van der Waals surface area contributed by atoms with Crippen LogP contribution in [0.2, 0.25) is 0 Å². The van der Waals surface area contributed by atoms with Crippen molar-refractivity contribution in [3.63, 3.8) is 0 Å². The molecule has 0 bridgehead atoms. The molecule has 2 aromatic rings. The van der Waals surface area contributed by atoms with Gasteiger partial charge in [-0.05, 0) is 26.1 Å². The van der Waals surface area contributed by atoms with Crippen molar-refractivity contribution in [3.05, 3.63) is 26.7 Å². The van der Waals surface area contributed by atoms with Crippen molar-refractivity contribution in [3.8, 4) is 0 Å². The summed E-state index contributed by atoms with van der Waals surface area (Å²) in [5.74, 6) is 0.905. The Bertz CT molecular complexity index is 493. The molecular formula is C8H10N4S2. The van der Waals surface area contributed by atoms with Gasteiger partial charge in [-0.2, -0.15) is 5.10 Å². The molecule has 4 nitrogen and oxygen atoms in total. The van der Waals surface area contributed by atoms with Crippen LogP contribution in [0.4, 0.5) is 0 Å². The van der Waals surface area contributed by atoms with Crippen LogP contribution in [0.15, 0.2) is 5.51 Å². The van der Waals surface area contributed by atoms with E-state index in [2.05, 4.69) is 15.2 Å². The second kappa shape index (κ2) is 3.62. The number of hydrogen-bond donors (Lipinski definition) is 1. The van der Waals surface area contributed by atoms with Crippen molar-refractivity contribution in [1.82, 2.24) is 19.7 Å². The van der Waals surface area contributed by atoms with Crippen molar-refractivity contribution in [1.29, 1.82) is 0 Å². The van der Waals surface area contributed by atoms with Crippen molar-refractivity contribution in [2.45, 2.75) is 20.4 Å². The molecule has 0 amide bonds. The van der Waals surface area contributed by atoms with E-state index in [-0.39, 0.29) is 0 Å². The largest absolute Gasteiger partial charge is 0.299 e. The SMILES string of the molecule is Cc1ncsc1Cn1c(C)n[nH]c1=S. The Morgan fingerprint density at radius 1 is 1.57 bits per heavy atom. The predicted molar refractivity (Wildman–Crippen MR) is 58.1 cm³/mol. The molecule has 0 fully saturated rings. The maximum absolute atomic E-state index is 5.12. The highest BCUT2D eigenvalue weighted by Gasteiger charge is 2.05. The Kier molecular flexibility index (Phi) is 2.47. The van der Waals surface area contributed by atoms with Crippen LogP contribution in [0.5, 0.6) is 0 Å². The molecular weight excluding hydrogens is 216 g/mol. The van der Waals surface area contributed by atoms with Crippen LogP contribution >= 0.6 is 23.6 Å². The average molecular weight is 226 g/mol. The van der Waals surface area contributed by atoms with Gasteiger partial charge in [-0.3, -0.25) is 9.67 Å². The Morgan fingerprint density at radius 3 is 2.86 bits per heavy atom. The second-order valence-electron chi connectivity index (χ2n) is 3.02. The molecule has 0 unspecified atom stereocenters. The molecule has 0 aliphatic carbocycles. The maximum Gasteiger partial charge on any atom is 0.195 e. The number of nitrogens with one attached hydrogen (secondary N) is 1. The Hall–Kier alpha value is -1.01. The summed E-state index contributed by atoms with van der Waals surface area (Å²) in [6.45, 7) is 4.70. The van der Waals surface area contributed by atoms with E-state index in [9.17, 15) is 0 Å². The molecule has 74 valence electrons. The van der Waals surface area contributed by atoms with Gasteiger partial charge in [0.25, 0.3) is 0 Å². The minimum atomic E-state index is 0.662. The van der Waals surface area contributed by atoms with Crippen LogP contribution in [0.25, 0.3) is 0 Å². The van der Waals surface area contributed by atoms with Crippen LogP contribution in [0.1, 0.15) is 16.4 Å². The smallest absolute Gasteiger partial charge is 0.195 e. The first kappa shape index (κ1) is 9.54. The first-order chi connectivity index (χ1) is 6.68. The summed E-state index contributed by atoms with van der Waals surface area (Å²) in [4.78, 5) is 5.42. The molecule has 0 saturated heterocycles. The van der Waals surface area contributed by atoms with Gasteiger partial charge in [-0.1, -0.05) is 0 Å². The van der Waals surface area contributed by atoms with Crippen LogP contribution in [-0.4, -0.2) is 19.7 Å². The zero-order chi connectivity index (χ0) is 10.1. The predicted octanol–water partition coefficient (Wildman–Crippen LogP) is 2.06. The molecule has 0 aliphatic rings. The molecule has 6 heteroatoms. The molecule has 0 aromatic carbocycles. The number of hydrogen-bond acceptors (Lipinski definition) is 4. The molecule has 1 N–H and O–H groups in total. The van der Waals surface area contributed by atoms with Crippen LogP contribution in [-0.2, 0) is 6.54 Å². The molecule has 0 spiro atoms. The highest BCUT2D eigenvalue weighted by Crippen LogP contribution is 2.14. The van der Waals surface area contributed by atoms with E-state index < -0.39 is 0 Å². The molecule has 14 heavy (non-hydrogen) atoms. The zero-order valence-electron chi connectivity index (χ0n) is 7.94. The van der Waals surface area contributed by atoms with Crippen molar-refractivity contribution < 1.29 is 0 Å². The Morgan fingerprint density at radius 2 is 2.36 bits per heavy atom. The van der Waals surface area contributed by atoms with Gasteiger partial charge in [0, 0.05) is 4.88 Å². The Balaban J connectivity index is 2.36. The highest BCUT2D eigenvalue weighted by molar-refractivity contribution is 7.71. The molecule has 2 heterocycles. The summed E-state index contributed by atoms with van der Waals surface area (Å²) in [6.07, 6.45) is 0. The summed E-state index contributed by atoms with van der Waals surface area (Å²) in [7, 11) is 0. The summed E-state index contributed by atoms with van der Waals surface area (Å²) >= 11 is 6.76. The van der Waals surface area contributed by atoms with E-state index in [1.165, 1.54) is 4.88 Å². The number of aryl methyl sites for hydroxylation is 2. The first-order valence-corrected chi connectivity index (χ1v) is 5.48. The third kappa shape index (κ3) is 1.62. The standard InChI is InChI=1S/C8H10N4S2/c1-5-7(14-4-9-5)3-12-6(2)10-11-8(12)13/h4H,3H2,1-2H3,(H,11,13). The molecule has 2 rings (SSSR count). The number of rotatable bonds is 2. The topological polar surface area (TPSA) is 46.5 Å². The van der Waals surface area contributed by atoms with E-state index >= 15 is 0 Å². The van der Waals surface area contributed by atoms with Gasteiger partial charge in [0.15, 0.2) is 4.77 Å². The monoisotopic (exact) mass is 226 g/mol. The van der Waals surface area contributed by atoms with Crippen molar-refractivity contribution in [2.24, 2.45) is 0 Å². The van der Waals surface area contributed by atoms with Crippen LogP contribution in [0.3, 0.4) is 0 Å². The van der Waals surface area contributed by atoms with E-state index in [0.29, 0.717) is 4.77 Å². The minimum Gasteiger partial charge on any atom is -0.299 e. The van der Waals surface area contributed by atoms with Crippen LogP contribution < -0.4 is 0 Å². The van der Waals surface area contributed by atoms with Gasteiger partial charge >= 0.3 is 0 Å². The van der Waals surface area contributed by atoms with E-state index in [0.717, 1.165) is 18.1 Å². The van der Waals surface area contributed by atoms with E-state index in [1.807, 2.05) is 23.9 Å².